The largest absolute Gasteiger partial charge is 0.422 e. The first kappa shape index (κ1) is 13.9. The van der Waals surface area contributed by atoms with Gasteiger partial charge in [0.25, 0.3) is 0 Å². The van der Waals surface area contributed by atoms with Crippen LogP contribution in [0.3, 0.4) is 0 Å². The molecule has 1 aromatic heterocycles. The molecule has 0 unspecified atom stereocenters. The van der Waals surface area contributed by atoms with Crippen molar-refractivity contribution in [2.75, 3.05) is 5.73 Å². The van der Waals surface area contributed by atoms with Crippen LogP contribution >= 0.6 is 0 Å². The zero-order valence-corrected chi connectivity index (χ0v) is 10.3. The lowest BCUT2D eigenvalue weighted by Crippen LogP contribution is -2.13. The number of aromatic nitrogens is 2. The second-order valence-electron chi connectivity index (χ2n) is 3.99. The van der Waals surface area contributed by atoms with Crippen molar-refractivity contribution in [1.82, 2.24) is 9.78 Å². The van der Waals surface area contributed by atoms with Gasteiger partial charge in [0.15, 0.2) is 0 Å². The lowest BCUT2D eigenvalue weighted by atomic mass is 10.2. The molecular weight excluding hydrogens is 275 g/mol. The molecule has 2 N–H and O–H groups in total. The number of esters is 1. The summed E-state index contributed by atoms with van der Waals surface area (Å²) in [5, 5.41) is 3.77. The Morgan fingerprint density at radius 1 is 1.30 bits per heavy atom. The molecular formula is C12H10F3N3O2. The molecule has 0 amide bonds. The molecule has 1 heterocycles. The predicted molar refractivity (Wildman–Crippen MR) is 64.0 cm³/mol. The second kappa shape index (κ2) is 4.87. The van der Waals surface area contributed by atoms with E-state index in [0.29, 0.717) is 0 Å². The van der Waals surface area contributed by atoms with Gasteiger partial charge in [-0.1, -0.05) is 0 Å². The Morgan fingerprint density at radius 3 is 2.35 bits per heavy atom. The number of carbonyl (C=O) groups is 1. The Bertz CT molecular complexity index is 632. The molecule has 8 heteroatoms. The molecule has 0 aliphatic rings. The van der Waals surface area contributed by atoms with Gasteiger partial charge in [-0.15, -0.1) is 0 Å². The van der Waals surface area contributed by atoms with Crippen LogP contribution in [0.25, 0.3) is 0 Å². The number of nitrogen functional groups attached to an aromatic ring is 1. The molecule has 0 aliphatic heterocycles. The van der Waals surface area contributed by atoms with E-state index >= 15 is 0 Å². The third kappa shape index (κ3) is 2.90. The number of benzene rings is 1. The van der Waals surface area contributed by atoms with Crippen molar-refractivity contribution in [1.29, 1.82) is 0 Å². The number of hydrogen-bond donors (Lipinski definition) is 1. The number of hydrogen-bond acceptors (Lipinski definition) is 4. The molecule has 2 aromatic rings. The summed E-state index contributed by atoms with van der Waals surface area (Å²) in [7, 11) is 1.50. The zero-order chi connectivity index (χ0) is 14.9. The van der Waals surface area contributed by atoms with Crippen LogP contribution in [-0.4, -0.2) is 15.7 Å². The highest BCUT2D eigenvalue weighted by Crippen LogP contribution is 2.30. The van der Waals surface area contributed by atoms with Crippen molar-refractivity contribution >= 4 is 11.8 Å². The number of carbonyl (C=O) groups excluding carboxylic acids is 1. The number of nitrogens with two attached hydrogens (primary N) is 1. The zero-order valence-electron chi connectivity index (χ0n) is 10.3. The molecule has 0 spiro atoms. The van der Waals surface area contributed by atoms with Gasteiger partial charge in [0.1, 0.15) is 17.3 Å². The Morgan fingerprint density at radius 2 is 1.90 bits per heavy atom. The van der Waals surface area contributed by atoms with E-state index in [1.807, 2.05) is 0 Å². The first-order chi connectivity index (χ1) is 9.27. The highest BCUT2D eigenvalue weighted by Gasteiger charge is 2.30. The molecule has 20 heavy (non-hydrogen) atoms. The van der Waals surface area contributed by atoms with Gasteiger partial charge < -0.3 is 10.5 Å². The van der Waals surface area contributed by atoms with E-state index in [-0.39, 0.29) is 17.3 Å². The fourth-order valence-corrected chi connectivity index (χ4v) is 1.55. The van der Waals surface area contributed by atoms with E-state index in [1.54, 1.807) is 0 Å². The first-order valence-electron chi connectivity index (χ1n) is 5.46. The van der Waals surface area contributed by atoms with Crippen molar-refractivity contribution in [3.63, 3.8) is 0 Å². The van der Waals surface area contributed by atoms with Gasteiger partial charge in [0.05, 0.1) is 5.56 Å². The second-order valence-corrected chi connectivity index (χ2v) is 3.99. The molecule has 5 nitrogen and oxygen atoms in total. The summed E-state index contributed by atoms with van der Waals surface area (Å²) in [6, 6.07) is 5.12. The monoisotopic (exact) mass is 285 g/mol. The average Bonchev–Trinajstić information content (AvgIpc) is 2.68. The summed E-state index contributed by atoms with van der Waals surface area (Å²) in [4.78, 5) is 11.8. The Balaban J connectivity index is 2.14. The topological polar surface area (TPSA) is 70.1 Å². The van der Waals surface area contributed by atoms with E-state index in [2.05, 4.69) is 5.10 Å². The minimum atomic E-state index is -4.43. The van der Waals surface area contributed by atoms with Gasteiger partial charge in [0.2, 0.25) is 0 Å². The van der Waals surface area contributed by atoms with Gasteiger partial charge in [-0.05, 0) is 24.3 Å². The molecule has 0 saturated heterocycles. The van der Waals surface area contributed by atoms with Gasteiger partial charge in [-0.3, -0.25) is 4.68 Å². The van der Waals surface area contributed by atoms with Gasteiger partial charge >= 0.3 is 12.1 Å². The number of ether oxygens (including phenoxy) is 1. The number of halogens is 3. The maximum atomic E-state index is 12.4. The van der Waals surface area contributed by atoms with Crippen LogP contribution in [-0.2, 0) is 13.2 Å². The lowest BCUT2D eigenvalue weighted by molar-refractivity contribution is -0.137. The quantitative estimate of drug-likeness (QED) is 0.678. The molecule has 0 saturated carbocycles. The number of nitrogens with zero attached hydrogens (tertiary/aromatic N) is 2. The van der Waals surface area contributed by atoms with Gasteiger partial charge in [-0.25, -0.2) is 4.79 Å². The van der Waals surface area contributed by atoms with E-state index in [0.717, 1.165) is 24.3 Å². The average molecular weight is 285 g/mol. The maximum Gasteiger partial charge on any atom is 0.416 e. The van der Waals surface area contributed by atoms with Crippen LogP contribution in [0.5, 0.6) is 5.75 Å². The molecule has 1 aromatic carbocycles. The van der Waals surface area contributed by atoms with Crippen LogP contribution in [0.2, 0.25) is 0 Å². The standard InChI is InChI=1S/C12H10F3N3O2/c1-18-9(6-10(16)17-18)11(19)20-8-4-2-7(3-5-8)12(13,14)15/h2-6H,1H3,(H2,16,17). The Hall–Kier alpha value is -2.51. The predicted octanol–water partition coefficient (Wildman–Crippen LogP) is 2.24. The van der Waals surface area contributed by atoms with Gasteiger partial charge in [-0.2, -0.15) is 18.3 Å². The summed E-state index contributed by atoms with van der Waals surface area (Å²) in [6.07, 6.45) is -4.43. The summed E-state index contributed by atoms with van der Waals surface area (Å²) in [5.41, 5.74) is 4.70. The molecule has 0 bridgehead atoms. The smallest absolute Gasteiger partial charge is 0.416 e. The molecule has 2 rings (SSSR count). The number of rotatable bonds is 2. The van der Waals surface area contributed by atoms with Crippen molar-refractivity contribution in [2.24, 2.45) is 7.05 Å². The minimum Gasteiger partial charge on any atom is -0.422 e. The van der Waals surface area contributed by atoms with E-state index < -0.39 is 17.7 Å². The van der Waals surface area contributed by atoms with Gasteiger partial charge in [0, 0.05) is 13.1 Å². The summed E-state index contributed by atoms with van der Waals surface area (Å²) in [5.74, 6) is -0.605. The normalized spacial score (nSPS) is 11.4. The Labute approximate surface area is 111 Å². The fourth-order valence-electron chi connectivity index (χ4n) is 1.55. The van der Waals surface area contributed by atoms with Crippen LogP contribution in [0.4, 0.5) is 19.0 Å². The molecule has 106 valence electrons. The maximum absolute atomic E-state index is 12.4. The Kier molecular flexibility index (Phi) is 3.39. The summed E-state index contributed by atoms with van der Waals surface area (Å²) >= 11 is 0. The number of anilines is 1. The van der Waals surface area contributed by atoms with E-state index in [4.69, 9.17) is 10.5 Å². The summed E-state index contributed by atoms with van der Waals surface area (Å²) < 4.78 is 43.3. The van der Waals surface area contributed by atoms with Crippen LogP contribution in [0, 0.1) is 0 Å². The van der Waals surface area contributed by atoms with E-state index in [9.17, 15) is 18.0 Å². The first-order valence-corrected chi connectivity index (χ1v) is 5.46. The molecule has 0 atom stereocenters. The third-order valence-electron chi connectivity index (χ3n) is 2.50. The highest BCUT2D eigenvalue weighted by molar-refractivity contribution is 5.90. The van der Waals surface area contributed by atoms with Crippen molar-refractivity contribution in [3.8, 4) is 5.75 Å². The molecule has 0 aliphatic carbocycles. The van der Waals surface area contributed by atoms with Crippen LogP contribution in [0.15, 0.2) is 30.3 Å². The molecule has 0 radical (unpaired) electrons. The van der Waals surface area contributed by atoms with Crippen molar-refractivity contribution in [2.45, 2.75) is 6.18 Å². The van der Waals surface area contributed by atoms with E-state index in [1.165, 1.54) is 17.8 Å². The van der Waals surface area contributed by atoms with Crippen molar-refractivity contribution in [3.05, 3.63) is 41.6 Å². The summed E-state index contributed by atoms with van der Waals surface area (Å²) in [6.45, 7) is 0. The molecule has 0 fully saturated rings. The SMILES string of the molecule is Cn1nc(N)cc1C(=O)Oc1ccc(C(F)(F)F)cc1. The van der Waals surface area contributed by atoms with Crippen LogP contribution in [0.1, 0.15) is 16.1 Å². The number of aryl methyl sites for hydroxylation is 1. The number of alkyl halides is 3. The van der Waals surface area contributed by atoms with Crippen LogP contribution < -0.4 is 10.5 Å². The van der Waals surface area contributed by atoms with Crippen molar-refractivity contribution < 1.29 is 22.7 Å². The fraction of sp³-hybridized carbons (Fsp3) is 0.167. The third-order valence-corrected chi connectivity index (χ3v) is 2.50. The lowest BCUT2D eigenvalue weighted by Gasteiger charge is -2.08. The minimum absolute atomic E-state index is 0.00257. The highest BCUT2D eigenvalue weighted by atomic mass is 19.4.